The minimum absolute atomic E-state index is 0.0557. The SMILES string of the molecule is N#C/C(=C/c1c(Oc2ccc(Br)cc2)nc2ccccn2c1=O)C(=O)Nc1cccc(Cl)c1Cl. The van der Waals surface area contributed by atoms with E-state index in [1.54, 1.807) is 54.6 Å². The van der Waals surface area contributed by atoms with E-state index >= 15 is 0 Å². The van der Waals surface area contributed by atoms with Gasteiger partial charge in [-0.3, -0.25) is 14.0 Å². The van der Waals surface area contributed by atoms with Crippen LogP contribution in [0.4, 0.5) is 5.69 Å². The van der Waals surface area contributed by atoms with Crippen molar-refractivity contribution < 1.29 is 9.53 Å². The summed E-state index contributed by atoms with van der Waals surface area (Å²) in [7, 11) is 0. The molecule has 0 bridgehead atoms. The number of carbonyl (C=O) groups is 1. The van der Waals surface area contributed by atoms with Gasteiger partial charge < -0.3 is 10.1 Å². The summed E-state index contributed by atoms with van der Waals surface area (Å²) in [4.78, 5) is 30.5. The van der Waals surface area contributed by atoms with E-state index < -0.39 is 11.5 Å². The lowest BCUT2D eigenvalue weighted by atomic mass is 10.1. The van der Waals surface area contributed by atoms with Crippen molar-refractivity contribution in [1.82, 2.24) is 9.38 Å². The molecule has 7 nitrogen and oxygen atoms in total. The second kappa shape index (κ2) is 10.1. The number of hydrogen-bond acceptors (Lipinski definition) is 5. The monoisotopic (exact) mass is 554 g/mol. The van der Waals surface area contributed by atoms with Gasteiger partial charge in [0.1, 0.15) is 28.6 Å². The average Bonchev–Trinajstić information content (AvgIpc) is 2.83. The number of nitrogens with one attached hydrogen (secondary N) is 1. The number of halogens is 3. The number of fused-ring (bicyclic) bond motifs is 1. The van der Waals surface area contributed by atoms with E-state index in [9.17, 15) is 14.9 Å². The maximum absolute atomic E-state index is 13.2. The summed E-state index contributed by atoms with van der Waals surface area (Å²) in [5.74, 6) is -0.419. The van der Waals surface area contributed by atoms with Gasteiger partial charge in [-0.05, 0) is 54.6 Å². The van der Waals surface area contributed by atoms with Crippen LogP contribution in [0.1, 0.15) is 5.56 Å². The van der Waals surface area contributed by atoms with Crippen LogP contribution in [0.25, 0.3) is 11.7 Å². The first-order valence-corrected chi connectivity index (χ1v) is 11.2. The number of hydrogen-bond donors (Lipinski definition) is 1. The first kappa shape index (κ1) is 23.5. The molecular weight excluding hydrogens is 543 g/mol. The van der Waals surface area contributed by atoms with Gasteiger partial charge in [-0.2, -0.15) is 10.2 Å². The van der Waals surface area contributed by atoms with Crippen molar-refractivity contribution >= 4 is 62.4 Å². The highest BCUT2D eigenvalue weighted by Crippen LogP contribution is 2.30. The Hall–Kier alpha value is -3.64. The fraction of sp³-hybridized carbons (Fsp3) is 0. The molecule has 0 spiro atoms. The van der Waals surface area contributed by atoms with E-state index in [-0.39, 0.29) is 32.7 Å². The lowest BCUT2D eigenvalue weighted by molar-refractivity contribution is -0.112. The summed E-state index contributed by atoms with van der Waals surface area (Å²) < 4.78 is 8.00. The first-order valence-electron chi connectivity index (χ1n) is 9.69. The van der Waals surface area contributed by atoms with E-state index in [0.29, 0.717) is 11.4 Å². The number of amides is 1. The molecule has 1 N–H and O–H groups in total. The van der Waals surface area contributed by atoms with Crippen LogP contribution in [0.2, 0.25) is 10.0 Å². The van der Waals surface area contributed by atoms with E-state index in [1.807, 2.05) is 6.07 Å². The third kappa shape index (κ3) is 4.97. The molecule has 1 amide bonds. The van der Waals surface area contributed by atoms with Crippen LogP contribution in [0.5, 0.6) is 11.6 Å². The molecule has 0 aliphatic carbocycles. The van der Waals surface area contributed by atoms with E-state index in [0.717, 1.165) is 10.5 Å². The lowest BCUT2D eigenvalue weighted by Crippen LogP contribution is -2.20. The highest BCUT2D eigenvalue weighted by molar-refractivity contribution is 9.10. The molecule has 0 saturated carbocycles. The van der Waals surface area contributed by atoms with Crippen molar-refractivity contribution in [2.75, 3.05) is 5.32 Å². The van der Waals surface area contributed by atoms with Crippen LogP contribution >= 0.6 is 39.1 Å². The maximum Gasteiger partial charge on any atom is 0.269 e. The molecule has 0 unspecified atom stereocenters. The minimum Gasteiger partial charge on any atom is -0.438 e. The van der Waals surface area contributed by atoms with Gasteiger partial charge in [0.25, 0.3) is 11.5 Å². The van der Waals surface area contributed by atoms with Crippen LogP contribution < -0.4 is 15.6 Å². The second-order valence-electron chi connectivity index (χ2n) is 6.85. The minimum atomic E-state index is -0.779. The summed E-state index contributed by atoms with van der Waals surface area (Å²) in [5, 5.41) is 12.6. The Morgan fingerprint density at radius 1 is 1.12 bits per heavy atom. The van der Waals surface area contributed by atoms with Gasteiger partial charge in [0.2, 0.25) is 5.88 Å². The van der Waals surface area contributed by atoms with E-state index in [2.05, 4.69) is 26.2 Å². The molecule has 2 heterocycles. The lowest BCUT2D eigenvalue weighted by Gasteiger charge is -2.11. The molecule has 4 aromatic rings. The van der Waals surface area contributed by atoms with Gasteiger partial charge in [-0.15, -0.1) is 0 Å². The van der Waals surface area contributed by atoms with Crippen LogP contribution in [0.15, 0.2) is 81.7 Å². The van der Waals surface area contributed by atoms with Gasteiger partial charge in [-0.25, -0.2) is 0 Å². The molecule has 168 valence electrons. The predicted octanol–water partition coefficient (Wildman–Crippen LogP) is 6.10. The number of pyridine rings is 1. The standard InChI is InChI=1S/C24H13BrCl2N4O3/c25-15-7-9-16(10-8-15)34-23-17(24(33)31-11-2-1-6-20(31)30-23)12-14(13-28)22(32)29-19-5-3-4-18(26)21(19)27/h1-12H,(H,29,32)/b14-12-. The van der Waals surface area contributed by atoms with Gasteiger partial charge in [-0.1, -0.05) is 51.3 Å². The summed E-state index contributed by atoms with van der Waals surface area (Å²) in [6.07, 6.45) is 2.67. The van der Waals surface area contributed by atoms with Crippen molar-refractivity contribution in [3.8, 4) is 17.7 Å². The molecule has 0 radical (unpaired) electrons. The van der Waals surface area contributed by atoms with Crippen molar-refractivity contribution in [1.29, 1.82) is 5.26 Å². The molecular formula is C24H13BrCl2N4O3. The number of anilines is 1. The molecule has 0 atom stereocenters. The second-order valence-corrected chi connectivity index (χ2v) is 8.55. The van der Waals surface area contributed by atoms with Crippen molar-refractivity contribution in [2.24, 2.45) is 0 Å². The fourth-order valence-electron chi connectivity index (χ4n) is 2.98. The largest absolute Gasteiger partial charge is 0.438 e. The Morgan fingerprint density at radius 3 is 2.62 bits per heavy atom. The third-order valence-corrected chi connectivity index (χ3v) is 5.96. The van der Waals surface area contributed by atoms with Crippen molar-refractivity contribution in [2.45, 2.75) is 0 Å². The van der Waals surface area contributed by atoms with Crippen molar-refractivity contribution in [3.63, 3.8) is 0 Å². The van der Waals surface area contributed by atoms with E-state index in [4.69, 9.17) is 27.9 Å². The highest BCUT2D eigenvalue weighted by Gasteiger charge is 2.18. The zero-order chi connectivity index (χ0) is 24.2. The quantitative estimate of drug-likeness (QED) is 0.237. The Bertz CT molecular complexity index is 1540. The molecule has 4 rings (SSSR count). The maximum atomic E-state index is 13.2. The van der Waals surface area contributed by atoms with Gasteiger partial charge in [0.05, 0.1) is 15.7 Å². The fourth-order valence-corrected chi connectivity index (χ4v) is 3.59. The molecule has 10 heteroatoms. The number of nitrogens with zero attached hydrogens (tertiary/aromatic N) is 3. The predicted molar refractivity (Wildman–Crippen MR) is 134 cm³/mol. The molecule has 2 aromatic carbocycles. The third-order valence-electron chi connectivity index (χ3n) is 4.62. The van der Waals surface area contributed by atoms with Crippen LogP contribution in [0.3, 0.4) is 0 Å². The van der Waals surface area contributed by atoms with Gasteiger partial charge >= 0.3 is 0 Å². The molecule has 0 fully saturated rings. The Morgan fingerprint density at radius 2 is 1.88 bits per heavy atom. The smallest absolute Gasteiger partial charge is 0.269 e. The molecule has 0 saturated heterocycles. The van der Waals surface area contributed by atoms with Gasteiger partial charge in [0, 0.05) is 10.7 Å². The Kier molecular flexibility index (Phi) is 6.98. The molecule has 0 aliphatic rings. The van der Waals surface area contributed by atoms with E-state index in [1.165, 1.54) is 16.7 Å². The Balaban J connectivity index is 1.80. The number of nitriles is 1. The average molecular weight is 556 g/mol. The zero-order valence-corrected chi connectivity index (χ0v) is 20.2. The molecule has 0 aliphatic heterocycles. The number of benzene rings is 2. The topological polar surface area (TPSA) is 96.5 Å². The first-order chi connectivity index (χ1) is 16.4. The van der Waals surface area contributed by atoms with Gasteiger partial charge in [0.15, 0.2) is 0 Å². The molecule has 2 aromatic heterocycles. The zero-order valence-electron chi connectivity index (χ0n) is 17.1. The van der Waals surface area contributed by atoms with Crippen LogP contribution in [0, 0.1) is 11.3 Å². The summed E-state index contributed by atoms with van der Waals surface area (Å²) >= 11 is 15.5. The summed E-state index contributed by atoms with van der Waals surface area (Å²) in [6, 6.07) is 18.4. The summed E-state index contributed by atoms with van der Waals surface area (Å²) in [6.45, 7) is 0. The number of aromatic nitrogens is 2. The number of rotatable bonds is 5. The number of carbonyl (C=O) groups excluding carboxylic acids is 1. The van der Waals surface area contributed by atoms with Crippen LogP contribution in [-0.2, 0) is 4.79 Å². The summed E-state index contributed by atoms with van der Waals surface area (Å²) in [5.41, 5.74) is -0.383. The Labute approximate surface area is 212 Å². The number of ether oxygens (including phenoxy) is 1. The molecule has 34 heavy (non-hydrogen) atoms. The van der Waals surface area contributed by atoms with Crippen molar-refractivity contribution in [3.05, 3.63) is 103 Å². The van der Waals surface area contributed by atoms with Crippen LogP contribution in [-0.4, -0.2) is 15.3 Å². The normalized spacial score (nSPS) is 11.2. The highest BCUT2D eigenvalue weighted by atomic mass is 79.9.